The summed E-state index contributed by atoms with van der Waals surface area (Å²) in [6.07, 6.45) is 1.88. The van der Waals surface area contributed by atoms with Crippen molar-refractivity contribution >= 4 is 50.2 Å². The van der Waals surface area contributed by atoms with Gasteiger partial charge in [-0.25, -0.2) is 4.79 Å². The molecule has 1 saturated heterocycles. The molecule has 1 heterocycles. The number of nitrogens with zero attached hydrogens (tertiary/aromatic N) is 1. The molecule has 0 bridgehead atoms. The minimum Gasteiger partial charge on any atom is -0.382 e. The van der Waals surface area contributed by atoms with Gasteiger partial charge in [-0.2, -0.15) is 0 Å². The molecule has 0 aromatic heterocycles. The van der Waals surface area contributed by atoms with Gasteiger partial charge in [0.05, 0.1) is 0 Å². The van der Waals surface area contributed by atoms with Crippen molar-refractivity contribution in [2.45, 2.75) is 18.9 Å². The number of amides is 2. The number of benzene rings is 1. The third-order valence-electron chi connectivity index (χ3n) is 3.10. The van der Waals surface area contributed by atoms with Crippen molar-refractivity contribution in [2.75, 3.05) is 18.4 Å². The minimum atomic E-state index is -0.313. The highest BCUT2D eigenvalue weighted by Crippen LogP contribution is 2.24. The van der Waals surface area contributed by atoms with Crippen LogP contribution in [-0.4, -0.2) is 30.1 Å². The first-order chi connectivity index (χ1) is 8.56. The molecule has 4 nitrogen and oxygen atoms in total. The first-order valence-electron chi connectivity index (χ1n) is 5.82. The van der Waals surface area contributed by atoms with Crippen molar-refractivity contribution in [1.82, 2.24) is 4.90 Å². The highest BCUT2D eigenvalue weighted by Gasteiger charge is 2.20. The fraction of sp³-hybridized carbons (Fsp3) is 0.417. The number of piperidine rings is 1. The Hall–Kier alpha value is -0.500. The van der Waals surface area contributed by atoms with Crippen molar-refractivity contribution in [3.05, 3.63) is 26.2 Å². The Morgan fingerprint density at radius 2 is 2.11 bits per heavy atom. The van der Waals surface area contributed by atoms with Crippen LogP contribution in [0.15, 0.2) is 22.7 Å². The quantitative estimate of drug-likeness (QED) is 0.718. The van der Waals surface area contributed by atoms with E-state index in [-0.39, 0.29) is 6.03 Å². The molecule has 0 unspecified atom stereocenters. The number of anilines is 1. The number of hydrogen-bond donors (Lipinski definition) is 2. The summed E-state index contributed by atoms with van der Waals surface area (Å²) in [6.45, 7) is 1.47. The van der Waals surface area contributed by atoms with E-state index in [2.05, 4.69) is 56.0 Å². The zero-order valence-electron chi connectivity index (χ0n) is 9.83. The van der Waals surface area contributed by atoms with Gasteiger partial charge in [0.2, 0.25) is 0 Å². The van der Waals surface area contributed by atoms with Gasteiger partial charge in [-0.15, -0.1) is 0 Å². The van der Waals surface area contributed by atoms with Gasteiger partial charge >= 0.3 is 6.03 Å². The summed E-state index contributed by atoms with van der Waals surface area (Å²) < 4.78 is 2.30. The van der Waals surface area contributed by atoms with Crippen LogP contribution < -0.4 is 11.1 Å². The molecule has 6 heteroatoms. The van der Waals surface area contributed by atoms with Gasteiger partial charge in [-0.05, 0) is 69.6 Å². The van der Waals surface area contributed by atoms with E-state index in [4.69, 9.17) is 5.73 Å². The number of halogens is 2. The number of nitrogens with two attached hydrogens (primary N) is 1. The highest BCUT2D eigenvalue weighted by molar-refractivity contribution is 14.1. The van der Waals surface area contributed by atoms with Crippen LogP contribution in [0.25, 0.3) is 0 Å². The lowest BCUT2D eigenvalue weighted by Crippen LogP contribution is -2.44. The van der Waals surface area contributed by atoms with Crippen LogP contribution in [0, 0.1) is 3.57 Å². The van der Waals surface area contributed by atoms with Gasteiger partial charge in [0.25, 0.3) is 0 Å². The van der Waals surface area contributed by atoms with Crippen LogP contribution in [0.5, 0.6) is 0 Å². The van der Waals surface area contributed by atoms with Crippen molar-refractivity contribution in [3.63, 3.8) is 0 Å². The first-order valence-corrected chi connectivity index (χ1v) is 7.69. The van der Waals surface area contributed by atoms with E-state index in [0.29, 0.717) is 6.04 Å². The molecule has 18 heavy (non-hydrogen) atoms. The largest absolute Gasteiger partial charge is 0.382 e. The third-order valence-corrected chi connectivity index (χ3v) is 5.42. The van der Waals surface area contributed by atoms with E-state index in [9.17, 15) is 4.79 Å². The van der Waals surface area contributed by atoms with Crippen molar-refractivity contribution in [1.29, 1.82) is 0 Å². The Morgan fingerprint density at radius 3 is 2.67 bits per heavy atom. The van der Waals surface area contributed by atoms with E-state index >= 15 is 0 Å². The van der Waals surface area contributed by atoms with Crippen LogP contribution in [0.3, 0.4) is 0 Å². The number of hydrogen-bond acceptors (Lipinski definition) is 2. The molecular weight excluding hydrogens is 409 g/mol. The Morgan fingerprint density at radius 1 is 1.44 bits per heavy atom. The van der Waals surface area contributed by atoms with E-state index in [1.165, 1.54) is 3.57 Å². The van der Waals surface area contributed by atoms with Crippen LogP contribution in [0.2, 0.25) is 0 Å². The molecule has 0 aliphatic carbocycles. The molecule has 2 amide bonds. The number of carbonyl (C=O) groups excluding carboxylic acids is 1. The predicted octanol–water partition coefficient (Wildman–Crippen LogP) is 3.01. The molecule has 1 fully saturated rings. The summed E-state index contributed by atoms with van der Waals surface area (Å²) in [5, 5.41) is 3.50. The highest BCUT2D eigenvalue weighted by atomic mass is 127. The normalized spacial score (nSPS) is 16.7. The minimum absolute atomic E-state index is 0.313. The summed E-state index contributed by atoms with van der Waals surface area (Å²) in [5.74, 6) is 0. The zero-order chi connectivity index (χ0) is 13.1. The van der Waals surface area contributed by atoms with E-state index < -0.39 is 0 Å². The molecule has 1 aromatic carbocycles. The number of primary amides is 1. The molecule has 98 valence electrons. The molecule has 0 atom stereocenters. The molecule has 1 aliphatic heterocycles. The second kappa shape index (κ2) is 6.10. The second-order valence-corrected chi connectivity index (χ2v) is 6.39. The molecule has 0 radical (unpaired) electrons. The van der Waals surface area contributed by atoms with Crippen LogP contribution in [0.1, 0.15) is 12.8 Å². The monoisotopic (exact) mass is 423 g/mol. The standard InChI is InChI=1S/C12H15BrIN3O/c13-10-2-1-9(7-11(10)14)16-8-3-5-17(6-4-8)12(15)18/h1-2,7-8,16H,3-6H2,(H2,15,18). The fourth-order valence-corrected chi connectivity index (χ4v) is 2.83. The molecule has 0 spiro atoms. The SMILES string of the molecule is NC(=O)N1CCC(Nc2ccc(Br)c(I)c2)CC1. The molecular formula is C12H15BrIN3O. The van der Waals surface area contributed by atoms with Crippen molar-refractivity contribution in [2.24, 2.45) is 5.73 Å². The van der Waals surface area contributed by atoms with E-state index in [0.717, 1.165) is 36.1 Å². The second-order valence-electron chi connectivity index (χ2n) is 4.37. The smallest absolute Gasteiger partial charge is 0.314 e. The number of likely N-dealkylation sites (tertiary alicyclic amines) is 1. The lowest BCUT2D eigenvalue weighted by molar-refractivity contribution is 0.193. The fourth-order valence-electron chi connectivity index (χ4n) is 2.07. The van der Waals surface area contributed by atoms with E-state index in [1.54, 1.807) is 4.90 Å². The summed E-state index contributed by atoms with van der Waals surface area (Å²) in [4.78, 5) is 12.7. The molecule has 1 aromatic rings. The molecule has 1 aliphatic rings. The van der Waals surface area contributed by atoms with Crippen LogP contribution in [-0.2, 0) is 0 Å². The predicted molar refractivity (Wildman–Crippen MR) is 84.7 cm³/mol. The van der Waals surface area contributed by atoms with Crippen LogP contribution >= 0.6 is 38.5 Å². The number of rotatable bonds is 2. The maximum Gasteiger partial charge on any atom is 0.314 e. The van der Waals surface area contributed by atoms with Crippen molar-refractivity contribution < 1.29 is 4.79 Å². The number of nitrogens with one attached hydrogen (secondary N) is 1. The average molecular weight is 424 g/mol. The zero-order valence-corrected chi connectivity index (χ0v) is 13.6. The number of urea groups is 1. The molecule has 3 N–H and O–H groups in total. The lowest BCUT2D eigenvalue weighted by atomic mass is 10.1. The van der Waals surface area contributed by atoms with Gasteiger partial charge in [0.1, 0.15) is 0 Å². The summed E-state index contributed by atoms with van der Waals surface area (Å²) in [5.41, 5.74) is 6.39. The Kier molecular flexibility index (Phi) is 4.71. The Bertz CT molecular complexity index is 447. The topological polar surface area (TPSA) is 58.4 Å². The van der Waals surface area contributed by atoms with Gasteiger partial charge in [0, 0.05) is 32.9 Å². The molecule has 2 rings (SSSR count). The average Bonchev–Trinajstić information content (AvgIpc) is 2.34. The lowest BCUT2D eigenvalue weighted by Gasteiger charge is -2.31. The first kappa shape index (κ1) is 13.9. The summed E-state index contributed by atoms with van der Waals surface area (Å²) >= 11 is 5.78. The Balaban J connectivity index is 1.91. The molecule has 0 saturated carbocycles. The van der Waals surface area contributed by atoms with Crippen LogP contribution in [0.4, 0.5) is 10.5 Å². The maximum atomic E-state index is 11.0. The summed E-state index contributed by atoms with van der Waals surface area (Å²) in [6, 6.07) is 6.32. The van der Waals surface area contributed by atoms with Gasteiger partial charge < -0.3 is 16.0 Å². The van der Waals surface area contributed by atoms with Gasteiger partial charge in [-0.3, -0.25) is 0 Å². The maximum absolute atomic E-state index is 11.0. The number of carbonyl (C=O) groups is 1. The van der Waals surface area contributed by atoms with Gasteiger partial charge in [-0.1, -0.05) is 0 Å². The summed E-state index contributed by atoms with van der Waals surface area (Å²) in [7, 11) is 0. The Labute approximate surface area is 129 Å². The van der Waals surface area contributed by atoms with Gasteiger partial charge in [0.15, 0.2) is 0 Å². The third kappa shape index (κ3) is 3.50. The van der Waals surface area contributed by atoms with Crippen molar-refractivity contribution in [3.8, 4) is 0 Å². The van der Waals surface area contributed by atoms with E-state index in [1.807, 2.05) is 6.07 Å².